The van der Waals surface area contributed by atoms with Gasteiger partial charge in [0, 0.05) is 15.7 Å². The number of aliphatic hydroxyl groups is 1. The Kier molecular flexibility index (Phi) is 4.46. The second kappa shape index (κ2) is 5.41. The molecule has 0 heterocycles. The van der Waals surface area contributed by atoms with Gasteiger partial charge in [0.25, 0.3) is 5.69 Å². The van der Waals surface area contributed by atoms with E-state index in [1.165, 1.54) is 12.1 Å². The van der Waals surface area contributed by atoms with Gasteiger partial charge < -0.3 is 5.11 Å². The number of halogens is 1. The van der Waals surface area contributed by atoms with Gasteiger partial charge in [0.2, 0.25) is 0 Å². The molecule has 4 nitrogen and oxygen atoms in total. The summed E-state index contributed by atoms with van der Waals surface area (Å²) in [6.07, 6.45) is 0.861. The van der Waals surface area contributed by atoms with Gasteiger partial charge in [-0.25, -0.2) is 0 Å². The number of nitro groups is 1. The smallest absolute Gasteiger partial charge is 0.270 e. The molecular formula is C10H12INO3. The third-order valence-corrected chi connectivity index (χ3v) is 3.18. The number of non-ortho nitro benzene ring substituents is 1. The van der Waals surface area contributed by atoms with Gasteiger partial charge in [-0.2, -0.15) is 0 Å². The Morgan fingerprint density at radius 3 is 2.73 bits per heavy atom. The predicted molar refractivity (Wildman–Crippen MR) is 65.8 cm³/mol. The topological polar surface area (TPSA) is 63.4 Å². The van der Waals surface area contributed by atoms with Crippen molar-refractivity contribution in [3.8, 4) is 0 Å². The van der Waals surface area contributed by atoms with E-state index >= 15 is 0 Å². The molecule has 0 saturated carbocycles. The van der Waals surface area contributed by atoms with Crippen LogP contribution in [-0.4, -0.2) is 16.1 Å². The SMILES string of the molecule is CCC(O)Cc1ccc([N+](=O)[O-])cc1I. The zero-order valence-corrected chi connectivity index (χ0v) is 10.5. The first kappa shape index (κ1) is 12.4. The van der Waals surface area contributed by atoms with Crippen molar-refractivity contribution < 1.29 is 10.0 Å². The van der Waals surface area contributed by atoms with Crippen LogP contribution in [0.5, 0.6) is 0 Å². The highest BCUT2D eigenvalue weighted by molar-refractivity contribution is 14.1. The van der Waals surface area contributed by atoms with Gasteiger partial charge in [-0.1, -0.05) is 13.0 Å². The molecule has 0 bridgehead atoms. The van der Waals surface area contributed by atoms with E-state index in [0.29, 0.717) is 12.8 Å². The Hall–Kier alpha value is -0.690. The molecule has 0 saturated heterocycles. The number of nitrogens with zero attached hydrogens (tertiary/aromatic N) is 1. The minimum absolute atomic E-state index is 0.0918. The number of hydrogen-bond acceptors (Lipinski definition) is 3. The van der Waals surface area contributed by atoms with E-state index in [4.69, 9.17) is 0 Å². The summed E-state index contributed by atoms with van der Waals surface area (Å²) in [4.78, 5) is 10.1. The quantitative estimate of drug-likeness (QED) is 0.526. The Morgan fingerprint density at radius 2 is 2.27 bits per heavy atom. The lowest BCUT2D eigenvalue weighted by atomic mass is 10.1. The summed E-state index contributed by atoms with van der Waals surface area (Å²) in [7, 11) is 0. The normalized spacial score (nSPS) is 12.5. The molecule has 0 aliphatic heterocycles. The molecule has 0 aliphatic rings. The van der Waals surface area contributed by atoms with Crippen LogP contribution in [0.2, 0.25) is 0 Å². The molecule has 0 radical (unpaired) electrons. The van der Waals surface area contributed by atoms with Crippen LogP contribution in [0.3, 0.4) is 0 Å². The van der Waals surface area contributed by atoms with Crippen molar-refractivity contribution in [2.75, 3.05) is 0 Å². The molecular weight excluding hydrogens is 309 g/mol. The molecule has 0 amide bonds. The van der Waals surface area contributed by atoms with Crippen LogP contribution in [0.4, 0.5) is 5.69 Å². The van der Waals surface area contributed by atoms with Gasteiger partial charge in [0.15, 0.2) is 0 Å². The zero-order chi connectivity index (χ0) is 11.4. The maximum Gasteiger partial charge on any atom is 0.270 e. The summed E-state index contributed by atoms with van der Waals surface area (Å²) >= 11 is 2.05. The molecule has 0 aromatic heterocycles. The van der Waals surface area contributed by atoms with Gasteiger partial charge >= 0.3 is 0 Å². The number of aliphatic hydroxyl groups excluding tert-OH is 1. The predicted octanol–water partition coefficient (Wildman–Crippen LogP) is 2.51. The van der Waals surface area contributed by atoms with Gasteiger partial charge in [0.05, 0.1) is 11.0 Å². The van der Waals surface area contributed by atoms with E-state index in [0.717, 1.165) is 9.13 Å². The summed E-state index contributed by atoms with van der Waals surface area (Å²) in [5, 5.41) is 20.0. The Labute approximate surface area is 102 Å². The van der Waals surface area contributed by atoms with Crippen LogP contribution in [0, 0.1) is 13.7 Å². The molecule has 0 aliphatic carbocycles. The van der Waals surface area contributed by atoms with Crippen molar-refractivity contribution in [2.45, 2.75) is 25.9 Å². The summed E-state index contributed by atoms with van der Waals surface area (Å²) < 4.78 is 0.828. The van der Waals surface area contributed by atoms with Gasteiger partial charge in [0.1, 0.15) is 0 Å². The van der Waals surface area contributed by atoms with Crippen LogP contribution in [0.1, 0.15) is 18.9 Å². The maximum atomic E-state index is 10.5. The van der Waals surface area contributed by atoms with Crippen molar-refractivity contribution in [3.05, 3.63) is 37.4 Å². The highest BCUT2D eigenvalue weighted by Gasteiger charge is 2.11. The van der Waals surface area contributed by atoms with Crippen LogP contribution in [0.25, 0.3) is 0 Å². The van der Waals surface area contributed by atoms with Gasteiger partial charge in [-0.15, -0.1) is 0 Å². The van der Waals surface area contributed by atoms with Crippen molar-refractivity contribution in [1.29, 1.82) is 0 Å². The molecule has 1 rings (SSSR count). The summed E-state index contributed by atoms with van der Waals surface area (Å²) in [6.45, 7) is 1.91. The fourth-order valence-electron chi connectivity index (χ4n) is 1.21. The first-order valence-electron chi connectivity index (χ1n) is 4.65. The van der Waals surface area contributed by atoms with Gasteiger partial charge in [-0.3, -0.25) is 10.1 Å². The second-order valence-corrected chi connectivity index (χ2v) is 4.46. The van der Waals surface area contributed by atoms with Crippen LogP contribution in [0.15, 0.2) is 18.2 Å². The molecule has 1 atom stereocenters. The second-order valence-electron chi connectivity index (χ2n) is 3.30. The zero-order valence-electron chi connectivity index (χ0n) is 8.31. The Bertz CT molecular complexity index is 368. The lowest BCUT2D eigenvalue weighted by molar-refractivity contribution is -0.385. The molecule has 1 aromatic rings. The van der Waals surface area contributed by atoms with E-state index in [1.54, 1.807) is 6.07 Å². The number of benzene rings is 1. The molecule has 1 unspecified atom stereocenters. The first-order chi connectivity index (χ1) is 7.04. The third-order valence-electron chi connectivity index (χ3n) is 2.17. The fourth-order valence-corrected chi connectivity index (χ4v) is 1.93. The molecule has 82 valence electrons. The number of rotatable bonds is 4. The molecule has 5 heteroatoms. The molecule has 15 heavy (non-hydrogen) atoms. The number of nitro benzene ring substituents is 1. The molecule has 1 aromatic carbocycles. The van der Waals surface area contributed by atoms with E-state index in [-0.39, 0.29) is 11.8 Å². The van der Waals surface area contributed by atoms with E-state index < -0.39 is 4.92 Å². The molecule has 0 spiro atoms. The van der Waals surface area contributed by atoms with Crippen molar-refractivity contribution in [2.24, 2.45) is 0 Å². The first-order valence-corrected chi connectivity index (χ1v) is 5.73. The highest BCUT2D eigenvalue weighted by Crippen LogP contribution is 2.21. The standard InChI is InChI=1S/C10H12INO3/c1-2-9(13)5-7-3-4-8(12(14)15)6-10(7)11/h3-4,6,9,13H,2,5H2,1H3. The van der Waals surface area contributed by atoms with Gasteiger partial charge in [-0.05, 0) is 41.0 Å². The van der Waals surface area contributed by atoms with Crippen molar-refractivity contribution in [1.82, 2.24) is 0 Å². The lowest BCUT2D eigenvalue weighted by Crippen LogP contribution is -2.09. The Balaban J connectivity index is 2.88. The van der Waals surface area contributed by atoms with Crippen molar-refractivity contribution >= 4 is 28.3 Å². The maximum absolute atomic E-state index is 10.5. The van der Waals surface area contributed by atoms with Crippen LogP contribution in [-0.2, 0) is 6.42 Å². The largest absolute Gasteiger partial charge is 0.393 e. The molecule has 1 N–H and O–H groups in total. The van der Waals surface area contributed by atoms with E-state index in [9.17, 15) is 15.2 Å². The average molecular weight is 321 g/mol. The van der Waals surface area contributed by atoms with E-state index in [2.05, 4.69) is 22.6 Å². The van der Waals surface area contributed by atoms with Crippen molar-refractivity contribution in [3.63, 3.8) is 0 Å². The molecule has 0 fully saturated rings. The minimum atomic E-state index is -0.414. The fraction of sp³-hybridized carbons (Fsp3) is 0.400. The van der Waals surface area contributed by atoms with Crippen LogP contribution < -0.4 is 0 Å². The summed E-state index contributed by atoms with van der Waals surface area (Å²) in [5.74, 6) is 0. The average Bonchev–Trinajstić information content (AvgIpc) is 2.20. The monoisotopic (exact) mass is 321 g/mol. The van der Waals surface area contributed by atoms with E-state index in [1.807, 2.05) is 6.92 Å². The summed E-state index contributed by atoms with van der Waals surface area (Å²) in [5.41, 5.74) is 1.05. The minimum Gasteiger partial charge on any atom is -0.393 e. The Morgan fingerprint density at radius 1 is 1.60 bits per heavy atom. The number of hydrogen-bond donors (Lipinski definition) is 1. The lowest BCUT2D eigenvalue weighted by Gasteiger charge is -2.08. The summed E-state index contributed by atoms with van der Waals surface area (Å²) in [6, 6.07) is 4.71. The van der Waals surface area contributed by atoms with Crippen LogP contribution >= 0.6 is 22.6 Å². The highest BCUT2D eigenvalue weighted by atomic mass is 127. The third kappa shape index (κ3) is 3.42.